The van der Waals surface area contributed by atoms with E-state index in [2.05, 4.69) is 31.0 Å². The molecule has 5 rings (SSSR count). The molecule has 0 spiro atoms. The second kappa shape index (κ2) is 10.1. The number of hydrogen-bond donors (Lipinski definition) is 0. The third-order valence-corrected chi connectivity index (χ3v) is 8.80. The number of methoxy groups -OCH3 is 1. The highest BCUT2D eigenvalue weighted by Gasteiger charge is 2.58. The molecule has 0 amide bonds. The van der Waals surface area contributed by atoms with Crippen molar-refractivity contribution in [3.8, 4) is 5.75 Å². The molecule has 5 unspecified atom stereocenters. The van der Waals surface area contributed by atoms with Crippen molar-refractivity contribution in [3.63, 3.8) is 0 Å². The van der Waals surface area contributed by atoms with Crippen LogP contribution >= 0.6 is 0 Å². The van der Waals surface area contributed by atoms with Gasteiger partial charge in [0.2, 0.25) is 0 Å². The average Bonchev–Trinajstić information content (AvgIpc) is 3.18. The molecule has 1 aromatic rings. The molecule has 6 atom stereocenters. The Morgan fingerprint density at radius 1 is 1.00 bits per heavy atom. The summed E-state index contributed by atoms with van der Waals surface area (Å²) in [5.74, 6) is 3.32. The van der Waals surface area contributed by atoms with Crippen molar-refractivity contribution in [2.24, 2.45) is 28.6 Å². The van der Waals surface area contributed by atoms with Crippen LogP contribution in [0.1, 0.15) is 92.1 Å². The van der Waals surface area contributed by atoms with Gasteiger partial charge in [0.05, 0.1) is 19.4 Å². The van der Waals surface area contributed by atoms with Gasteiger partial charge >= 0.3 is 0 Å². The minimum Gasteiger partial charge on any atom is -0.495 e. The molecule has 2 heterocycles. The van der Waals surface area contributed by atoms with Crippen molar-refractivity contribution < 1.29 is 9.47 Å². The van der Waals surface area contributed by atoms with Crippen molar-refractivity contribution in [2.75, 3.05) is 13.7 Å². The summed E-state index contributed by atoms with van der Waals surface area (Å²) < 4.78 is 11.7. The lowest BCUT2D eigenvalue weighted by molar-refractivity contribution is -0.168. The van der Waals surface area contributed by atoms with E-state index in [9.17, 15) is 0 Å². The van der Waals surface area contributed by atoms with Crippen molar-refractivity contribution in [1.82, 2.24) is 4.98 Å². The topological polar surface area (TPSA) is 31.4 Å². The van der Waals surface area contributed by atoms with Crippen LogP contribution in [-0.2, 0) is 4.74 Å². The standard InChI is InChI=1S/C24H33NO2.2C2H6/c1-23-11-9-21-18(5-8-22-24(21,2)10-4-12-27-22)20(23)7-6-19(23)16-13-17(26-3)15-25-14-16;2*1-2/h6,13-15,18,20-22H,4-5,7-12H2,1-3H3;2*1-2H3/t18?,20-,21?,22?,23?,24?;;/m0../s1. The van der Waals surface area contributed by atoms with E-state index in [1.54, 1.807) is 13.3 Å². The summed E-state index contributed by atoms with van der Waals surface area (Å²) in [5, 5.41) is 0. The maximum absolute atomic E-state index is 6.25. The van der Waals surface area contributed by atoms with Gasteiger partial charge < -0.3 is 9.47 Å². The van der Waals surface area contributed by atoms with E-state index in [1.807, 2.05) is 33.9 Å². The van der Waals surface area contributed by atoms with Gasteiger partial charge in [0.25, 0.3) is 0 Å². The molecule has 3 fully saturated rings. The Bertz CT molecular complexity index is 759. The molecule has 0 aromatic carbocycles. The van der Waals surface area contributed by atoms with Crippen LogP contribution in [0.3, 0.4) is 0 Å². The van der Waals surface area contributed by atoms with Crippen LogP contribution in [0.2, 0.25) is 0 Å². The number of hydrogen-bond acceptors (Lipinski definition) is 3. The Hall–Kier alpha value is -1.35. The van der Waals surface area contributed by atoms with Gasteiger partial charge in [-0.2, -0.15) is 0 Å². The molecule has 31 heavy (non-hydrogen) atoms. The number of ether oxygens (including phenoxy) is 2. The van der Waals surface area contributed by atoms with Gasteiger partial charge in [-0.1, -0.05) is 47.6 Å². The maximum atomic E-state index is 6.25. The number of fused-ring (bicyclic) bond motifs is 5. The number of pyridine rings is 1. The summed E-state index contributed by atoms with van der Waals surface area (Å²) >= 11 is 0. The third-order valence-electron chi connectivity index (χ3n) is 8.80. The first-order valence-corrected chi connectivity index (χ1v) is 12.9. The second-order valence-electron chi connectivity index (χ2n) is 9.85. The normalized spacial score (nSPS) is 38.1. The van der Waals surface area contributed by atoms with Crippen molar-refractivity contribution in [2.45, 2.75) is 92.6 Å². The third kappa shape index (κ3) is 4.08. The first-order chi connectivity index (χ1) is 15.1. The SMILES string of the molecule is CC.CC.COc1cncc(C2=CC[C@H]3C4CCC5OCCCC5(C)C4CCC23C)c1. The predicted molar refractivity (Wildman–Crippen MR) is 130 cm³/mol. The Labute approximate surface area is 191 Å². The molecule has 1 aliphatic heterocycles. The highest BCUT2D eigenvalue weighted by atomic mass is 16.5. The highest BCUT2D eigenvalue weighted by Crippen LogP contribution is 2.66. The van der Waals surface area contributed by atoms with Crippen molar-refractivity contribution in [1.29, 1.82) is 0 Å². The molecule has 0 N–H and O–H groups in total. The maximum Gasteiger partial charge on any atom is 0.137 e. The molecule has 0 bridgehead atoms. The first kappa shape index (κ1) is 24.3. The second-order valence-corrected chi connectivity index (χ2v) is 9.85. The molecular weight excluding hydrogens is 382 g/mol. The molecule has 3 heteroatoms. The summed E-state index contributed by atoms with van der Waals surface area (Å²) in [6, 6.07) is 2.17. The smallest absolute Gasteiger partial charge is 0.137 e. The lowest BCUT2D eigenvalue weighted by Crippen LogP contribution is -2.55. The van der Waals surface area contributed by atoms with Crippen LogP contribution in [0.5, 0.6) is 5.75 Å². The van der Waals surface area contributed by atoms with Gasteiger partial charge in [0.15, 0.2) is 0 Å². The van der Waals surface area contributed by atoms with E-state index < -0.39 is 0 Å². The molecule has 1 aromatic heterocycles. The number of aromatic nitrogens is 1. The summed E-state index contributed by atoms with van der Waals surface area (Å²) in [4.78, 5) is 4.43. The molecule has 3 nitrogen and oxygen atoms in total. The monoisotopic (exact) mass is 427 g/mol. The largest absolute Gasteiger partial charge is 0.495 e. The van der Waals surface area contributed by atoms with Gasteiger partial charge in [-0.15, -0.1) is 0 Å². The summed E-state index contributed by atoms with van der Waals surface area (Å²) in [6.45, 7) is 14.1. The zero-order chi connectivity index (χ0) is 22.6. The summed E-state index contributed by atoms with van der Waals surface area (Å²) in [6.07, 6.45) is 16.0. The molecule has 3 aliphatic carbocycles. The van der Waals surface area contributed by atoms with Crippen molar-refractivity contribution in [3.05, 3.63) is 30.1 Å². The Morgan fingerprint density at radius 3 is 2.52 bits per heavy atom. The van der Waals surface area contributed by atoms with Crippen LogP contribution < -0.4 is 4.74 Å². The van der Waals surface area contributed by atoms with E-state index in [0.29, 0.717) is 11.5 Å². The molecule has 2 saturated carbocycles. The Kier molecular flexibility index (Phi) is 7.89. The molecule has 4 aliphatic rings. The fourth-order valence-electron chi connectivity index (χ4n) is 7.41. The number of rotatable bonds is 2. The minimum absolute atomic E-state index is 0.286. The summed E-state index contributed by atoms with van der Waals surface area (Å²) in [7, 11) is 1.73. The van der Waals surface area contributed by atoms with Gasteiger partial charge in [-0.25, -0.2) is 0 Å². The fraction of sp³-hybridized carbons (Fsp3) is 0.750. The van der Waals surface area contributed by atoms with E-state index in [4.69, 9.17) is 9.47 Å². The molecule has 0 radical (unpaired) electrons. The van der Waals surface area contributed by atoms with Crippen LogP contribution in [-0.4, -0.2) is 24.8 Å². The summed E-state index contributed by atoms with van der Waals surface area (Å²) in [5.41, 5.74) is 3.47. The number of nitrogens with zero attached hydrogens (tertiary/aromatic N) is 1. The molecular formula is C28H45NO2. The quantitative estimate of drug-likeness (QED) is 0.488. The van der Waals surface area contributed by atoms with Gasteiger partial charge in [0, 0.05) is 12.8 Å². The fourth-order valence-corrected chi connectivity index (χ4v) is 7.41. The van der Waals surface area contributed by atoms with E-state index in [0.717, 1.165) is 30.1 Å². The van der Waals surface area contributed by atoms with E-state index in [1.165, 1.54) is 56.1 Å². The molecule has 1 saturated heterocycles. The van der Waals surface area contributed by atoms with Crippen molar-refractivity contribution >= 4 is 5.57 Å². The van der Waals surface area contributed by atoms with Gasteiger partial charge in [0.1, 0.15) is 5.75 Å². The van der Waals surface area contributed by atoms with Gasteiger partial charge in [-0.3, -0.25) is 4.98 Å². The van der Waals surface area contributed by atoms with Crippen LogP contribution in [0.25, 0.3) is 5.57 Å². The first-order valence-electron chi connectivity index (χ1n) is 12.9. The Balaban J connectivity index is 0.000000645. The van der Waals surface area contributed by atoms with E-state index >= 15 is 0 Å². The minimum atomic E-state index is 0.286. The van der Waals surface area contributed by atoms with E-state index in [-0.39, 0.29) is 5.41 Å². The zero-order valence-corrected chi connectivity index (χ0v) is 21.0. The lowest BCUT2D eigenvalue weighted by Gasteiger charge is -2.59. The van der Waals surface area contributed by atoms with Crippen LogP contribution in [0.4, 0.5) is 0 Å². The van der Waals surface area contributed by atoms with Gasteiger partial charge in [-0.05, 0) is 90.7 Å². The zero-order valence-electron chi connectivity index (χ0n) is 21.0. The van der Waals surface area contributed by atoms with Crippen LogP contribution in [0, 0.1) is 28.6 Å². The average molecular weight is 428 g/mol. The highest BCUT2D eigenvalue weighted by molar-refractivity contribution is 5.73. The lowest BCUT2D eigenvalue weighted by atomic mass is 9.47. The number of allylic oxidation sites excluding steroid dienone is 2. The Morgan fingerprint density at radius 2 is 1.77 bits per heavy atom. The van der Waals surface area contributed by atoms with Crippen LogP contribution in [0.15, 0.2) is 24.5 Å². The molecule has 174 valence electrons. The predicted octanol–water partition coefficient (Wildman–Crippen LogP) is 7.56.